The summed E-state index contributed by atoms with van der Waals surface area (Å²) in [7, 11) is 0. The average molecular weight is 535 g/mol. The summed E-state index contributed by atoms with van der Waals surface area (Å²) in [6, 6.07) is 6.16. The molecule has 0 aromatic heterocycles. The summed E-state index contributed by atoms with van der Waals surface area (Å²) in [6.07, 6.45) is 10.5. The van der Waals surface area contributed by atoms with Crippen LogP contribution in [0.4, 0.5) is 0 Å². The molecule has 5 rings (SSSR count). The van der Waals surface area contributed by atoms with E-state index in [-0.39, 0.29) is 28.7 Å². The number of ketones is 1. The third kappa shape index (κ3) is 2.94. The molecule has 0 spiro atoms. The molecule has 0 radical (unpaired) electrons. The maximum atomic E-state index is 13.7. The van der Waals surface area contributed by atoms with Crippen molar-refractivity contribution in [3.05, 3.63) is 44.9 Å². The first-order valence-electron chi connectivity index (χ1n) is 11.2. The van der Waals surface area contributed by atoms with Crippen LogP contribution in [0.15, 0.2) is 39.3 Å². The lowest BCUT2D eigenvalue weighted by molar-refractivity contribution is -0.122. The number of carbonyl (C=O) groups excluding carboxylic acids is 2. The summed E-state index contributed by atoms with van der Waals surface area (Å²) in [5, 5.41) is 3.23. The summed E-state index contributed by atoms with van der Waals surface area (Å²) >= 11 is 7.23. The average Bonchev–Trinajstić information content (AvgIpc) is 3.05. The van der Waals surface area contributed by atoms with Crippen molar-refractivity contribution in [3.63, 3.8) is 0 Å². The van der Waals surface area contributed by atoms with Gasteiger partial charge in [-0.2, -0.15) is 0 Å². The minimum atomic E-state index is 0.0474. The van der Waals surface area contributed by atoms with Crippen molar-refractivity contribution in [2.45, 2.75) is 58.4 Å². The van der Waals surface area contributed by atoms with Crippen LogP contribution in [0.1, 0.15) is 62.7 Å². The number of fused-ring (bicyclic) bond motifs is 5. The molecule has 1 heterocycles. The molecule has 0 saturated heterocycles. The highest BCUT2D eigenvalue weighted by molar-refractivity contribution is 9.11. The molecule has 160 valence electrons. The summed E-state index contributed by atoms with van der Waals surface area (Å²) in [4.78, 5) is 25.6. The standard InChI is InChI=1S/C25H29Br2NO2/c1-24-12-10-16-14(6-9-20-25(16,2)13-11-21(29)28-20)15(24)7-8-17(24)23(30)22-18(26)4-3-5-19(22)27/h3-5,11,13-17,20H,6-10,12H2,1-2H3,(H,28,29)/t14-,15-,16+,17?,20?,24-,25+/m0/s1. The van der Waals surface area contributed by atoms with Crippen molar-refractivity contribution in [3.8, 4) is 0 Å². The molecule has 1 N–H and O–H groups in total. The Bertz CT molecular complexity index is 923. The van der Waals surface area contributed by atoms with Gasteiger partial charge in [0, 0.05) is 31.9 Å². The van der Waals surface area contributed by atoms with Gasteiger partial charge in [-0.25, -0.2) is 0 Å². The number of rotatable bonds is 2. The molecule has 7 atom stereocenters. The number of hydrogen-bond acceptors (Lipinski definition) is 2. The number of Topliss-reactive ketones (excluding diaryl/α,β-unsaturated/α-hetero) is 1. The van der Waals surface area contributed by atoms with Crippen molar-refractivity contribution in [1.82, 2.24) is 5.32 Å². The summed E-state index contributed by atoms with van der Waals surface area (Å²) in [5.41, 5.74) is 0.920. The van der Waals surface area contributed by atoms with E-state index in [9.17, 15) is 9.59 Å². The summed E-state index contributed by atoms with van der Waals surface area (Å²) in [6.45, 7) is 4.74. The molecular weight excluding hydrogens is 506 g/mol. The first-order chi connectivity index (χ1) is 14.3. The van der Waals surface area contributed by atoms with Gasteiger partial charge in [0.25, 0.3) is 0 Å². The zero-order valence-electron chi connectivity index (χ0n) is 17.6. The maximum Gasteiger partial charge on any atom is 0.243 e. The van der Waals surface area contributed by atoms with E-state index in [1.54, 1.807) is 6.08 Å². The van der Waals surface area contributed by atoms with Crippen molar-refractivity contribution < 1.29 is 9.59 Å². The van der Waals surface area contributed by atoms with E-state index >= 15 is 0 Å². The lowest BCUT2D eigenvalue weighted by Gasteiger charge is -2.58. The van der Waals surface area contributed by atoms with Gasteiger partial charge in [-0.05, 0) is 79.9 Å². The minimum Gasteiger partial charge on any atom is -0.349 e. The van der Waals surface area contributed by atoms with Crippen LogP contribution in [-0.2, 0) is 4.79 Å². The number of carbonyl (C=O) groups is 2. The Morgan fingerprint density at radius 1 is 1.03 bits per heavy atom. The van der Waals surface area contributed by atoms with Crippen LogP contribution in [0.3, 0.4) is 0 Å². The quantitative estimate of drug-likeness (QED) is 0.452. The highest BCUT2D eigenvalue weighted by Gasteiger charge is 2.60. The van der Waals surface area contributed by atoms with E-state index in [0.717, 1.165) is 46.6 Å². The Morgan fingerprint density at radius 3 is 2.50 bits per heavy atom. The monoisotopic (exact) mass is 533 g/mol. The van der Waals surface area contributed by atoms with E-state index in [2.05, 4.69) is 57.1 Å². The van der Waals surface area contributed by atoms with Crippen molar-refractivity contribution in [1.29, 1.82) is 0 Å². The predicted molar refractivity (Wildman–Crippen MR) is 125 cm³/mol. The van der Waals surface area contributed by atoms with Gasteiger partial charge in [-0.1, -0.05) is 57.8 Å². The fourth-order valence-corrected chi connectivity index (χ4v) is 9.06. The highest BCUT2D eigenvalue weighted by atomic mass is 79.9. The van der Waals surface area contributed by atoms with Gasteiger partial charge in [0.1, 0.15) is 0 Å². The summed E-state index contributed by atoms with van der Waals surface area (Å²) in [5.74, 6) is 2.27. The largest absolute Gasteiger partial charge is 0.349 e. The topological polar surface area (TPSA) is 46.2 Å². The molecule has 4 aliphatic rings. The molecule has 3 saturated carbocycles. The normalized spacial score (nSPS) is 42.1. The Balaban J connectivity index is 1.45. The first-order valence-corrected chi connectivity index (χ1v) is 12.8. The highest BCUT2D eigenvalue weighted by Crippen LogP contribution is 2.65. The van der Waals surface area contributed by atoms with Gasteiger partial charge in [0.05, 0.1) is 0 Å². The second-order valence-electron chi connectivity index (χ2n) is 10.4. The Kier molecular flexibility index (Phi) is 5.09. The molecule has 1 aromatic rings. The number of benzene rings is 1. The first kappa shape index (κ1) is 20.9. The fourth-order valence-electron chi connectivity index (χ4n) is 7.67. The van der Waals surface area contributed by atoms with E-state index < -0.39 is 0 Å². The van der Waals surface area contributed by atoms with Gasteiger partial charge in [-0.15, -0.1) is 0 Å². The van der Waals surface area contributed by atoms with Crippen LogP contribution in [0, 0.1) is 34.5 Å². The molecular formula is C25H29Br2NO2. The van der Waals surface area contributed by atoms with E-state index in [1.807, 2.05) is 18.2 Å². The molecule has 3 nitrogen and oxygen atoms in total. The second-order valence-corrected chi connectivity index (χ2v) is 12.1. The van der Waals surface area contributed by atoms with Gasteiger partial charge in [-0.3, -0.25) is 9.59 Å². The lowest BCUT2D eigenvalue weighted by Crippen LogP contribution is -2.59. The van der Waals surface area contributed by atoms with Crippen molar-refractivity contribution in [2.75, 3.05) is 0 Å². The Hall–Kier alpha value is -0.940. The minimum absolute atomic E-state index is 0.0474. The number of nitrogens with one attached hydrogen (secondary N) is 1. The van der Waals surface area contributed by atoms with Gasteiger partial charge in [0.15, 0.2) is 5.78 Å². The van der Waals surface area contributed by atoms with Crippen molar-refractivity contribution >= 4 is 43.6 Å². The number of hydrogen-bond donors (Lipinski definition) is 1. The fraction of sp³-hybridized carbons (Fsp3) is 0.600. The number of halogens is 2. The molecule has 30 heavy (non-hydrogen) atoms. The third-order valence-electron chi connectivity index (χ3n) is 9.21. The van der Waals surface area contributed by atoms with Gasteiger partial charge in [0.2, 0.25) is 5.91 Å². The second kappa shape index (κ2) is 7.30. The molecule has 1 amide bonds. The maximum absolute atomic E-state index is 13.7. The van der Waals surface area contributed by atoms with Gasteiger partial charge >= 0.3 is 0 Å². The Morgan fingerprint density at radius 2 is 1.77 bits per heavy atom. The van der Waals surface area contributed by atoms with Crippen molar-refractivity contribution in [2.24, 2.45) is 34.5 Å². The Labute approximate surface area is 195 Å². The van der Waals surface area contributed by atoms with E-state index in [4.69, 9.17) is 0 Å². The van der Waals surface area contributed by atoms with Crippen LogP contribution >= 0.6 is 31.9 Å². The SMILES string of the molecule is C[C@]12C=CC(=O)NC1CC[C@@H]1[C@H]2CC[C@]2(C)C(C(=O)c3c(Br)cccc3Br)CC[C@@H]12. The molecule has 3 fully saturated rings. The lowest BCUT2D eigenvalue weighted by atomic mass is 9.47. The smallest absolute Gasteiger partial charge is 0.243 e. The third-order valence-corrected chi connectivity index (χ3v) is 10.5. The van der Waals surface area contributed by atoms with Crippen LogP contribution in [0.5, 0.6) is 0 Å². The molecule has 2 unspecified atom stereocenters. The molecule has 1 aliphatic heterocycles. The van der Waals surface area contributed by atoms with E-state index in [1.165, 1.54) is 6.42 Å². The van der Waals surface area contributed by atoms with Crippen LogP contribution in [-0.4, -0.2) is 17.7 Å². The molecule has 1 aromatic carbocycles. The van der Waals surface area contributed by atoms with Crippen LogP contribution in [0.2, 0.25) is 0 Å². The predicted octanol–water partition coefficient (Wildman–Crippen LogP) is 6.31. The van der Waals surface area contributed by atoms with Crippen LogP contribution < -0.4 is 5.32 Å². The van der Waals surface area contributed by atoms with Crippen LogP contribution in [0.25, 0.3) is 0 Å². The van der Waals surface area contributed by atoms with E-state index in [0.29, 0.717) is 23.5 Å². The summed E-state index contributed by atoms with van der Waals surface area (Å²) < 4.78 is 1.78. The molecule has 3 aliphatic carbocycles. The molecule has 0 bridgehead atoms. The zero-order chi connectivity index (χ0) is 21.3. The molecule has 5 heteroatoms. The van der Waals surface area contributed by atoms with Gasteiger partial charge < -0.3 is 5.32 Å². The number of amides is 1. The zero-order valence-corrected chi connectivity index (χ0v) is 20.8.